The summed E-state index contributed by atoms with van der Waals surface area (Å²) in [6.07, 6.45) is 1.53. The second-order valence-corrected chi connectivity index (χ2v) is 7.44. The highest BCUT2D eigenvalue weighted by Crippen LogP contribution is 2.31. The molecule has 3 aromatic rings. The predicted octanol–water partition coefficient (Wildman–Crippen LogP) is 4.48. The molecule has 0 radical (unpaired) electrons. The molecule has 1 aromatic carbocycles. The number of rotatable bonds is 6. The largest absolute Gasteiger partial charge is 0.495 e. The number of furan rings is 1. The lowest BCUT2D eigenvalue weighted by Gasteiger charge is -2.12. The molecule has 1 N–H and O–H groups in total. The number of hydrogen-bond donors (Lipinski definition) is 1. The predicted molar refractivity (Wildman–Crippen MR) is 106 cm³/mol. The Balaban J connectivity index is 1.64. The van der Waals surface area contributed by atoms with E-state index in [0.29, 0.717) is 32.1 Å². The zero-order chi connectivity index (χ0) is 20.3. The van der Waals surface area contributed by atoms with Gasteiger partial charge in [-0.15, -0.1) is 11.3 Å². The fraction of sp³-hybridized carbons (Fsp3) is 0.211. The zero-order valence-corrected chi connectivity index (χ0v) is 16.9. The molecule has 0 bridgehead atoms. The van der Waals surface area contributed by atoms with Gasteiger partial charge in [0.1, 0.15) is 5.75 Å². The first-order valence-electron chi connectivity index (χ1n) is 8.21. The molecule has 2 heterocycles. The van der Waals surface area contributed by atoms with E-state index in [1.165, 1.54) is 24.7 Å². The van der Waals surface area contributed by atoms with Crippen LogP contribution in [0.3, 0.4) is 0 Å². The maximum Gasteiger partial charge on any atom is 0.358 e. The van der Waals surface area contributed by atoms with E-state index in [2.05, 4.69) is 10.3 Å². The fourth-order valence-corrected chi connectivity index (χ4v) is 3.43. The molecule has 9 heteroatoms. The van der Waals surface area contributed by atoms with Gasteiger partial charge in [0.25, 0.3) is 5.91 Å². The van der Waals surface area contributed by atoms with Gasteiger partial charge in [0.2, 0.25) is 0 Å². The van der Waals surface area contributed by atoms with Gasteiger partial charge in [-0.05, 0) is 37.6 Å². The van der Waals surface area contributed by atoms with Crippen molar-refractivity contribution in [2.24, 2.45) is 0 Å². The first-order valence-corrected chi connectivity index (χ1v) is 9.41. The Morgan fingerprint density at radius 3 is 2.79 bits per heavy atom. The van der Waals surface area contributed by atoms with Crippen molar-refractivity contribution in [3.05, 3.63) is 51.7 Å². The number of esters is 1. The highest BCUT2D eigenvalue weighted by molar-refractivity contribution is 7.15. The number of nitrogens with one attached hydrogen (secondary N) is 1. The summed E-state index contributed by atoms with van der Waals surface area (Å²) >= 11 is 7.36. The van der Waals surface area contributed by atoms with E-state index in [9.17, 15) is 9.59 Å². The minimum absolute atomic E-state index is 0.157. The summed E-state index contributed by atoms with van der Waals surface area (Å²) in [4.78, 5) is 29.4. The zero-order valence-electron chi connectivity index (χ0n) is 15.4. The molecule has 0 saturated carbocycles. The highest BCUT2D eigenvalue weighted by Gasteiger charge is 2.20. The van der Waals surface area contributed by atoms with Gasteiger partial charge in [0.05, 0.1) is 19.1 Å². The van der Waals surface area contributed by atoms with E-state index in [0.717, 1.165) is 5.56 Å². The molecule has 0 fully saturated rings. The topological polar surface area (TPSA) is 90.7 Å². The smallest absolute Gasteiger partial charge is 0.358 e. The van der Waals surface area contributed by atoms with E-state index in [4.69, 9.17) is 25.5 Å². The van der Waals surface area contributed by atoms with E-state index < -0.39 is 18.5 Å². The molecule has 0 unspecified atom stereocenters. The van der Waals surface area contributed by atoms with Crippen LogP contribution >= 0.6 is 22.9 Å². The van der Waals surface area contributed by atoms with Gasteiger partial charge in [-0.1, -0.05) is 11.6 Å². The summed E-state index contributed by atoms with van der Waals surface area (Å²) in [5, 5.41) is 3.74. The van der Waals surface area contributed by atoms with Crippen LogP contribution in [0.2, 0.25) is 5.02 Å². The Kier molecular flexibility index (Phi) is 6.01. The first kappa shape index (κ1) is 19.9. The lowest BCUT2D eigenvalue weighted by molar-refractivity contribution is -0.119. The molecule has 0 atom stereocenters. The number of nitrogens with zero attached hydrogens (tertiary/aromatic N) is 1. The van der Waals surface area contributed by atoms with Crippen molar-refractivity contribution in [3.8, 4) is 16.5 Å². The van der Waals surface area contributed by atoms with Crippen molar-refractivity contribution in [2.45, 2.75) is 13.8 Å². The average molecular weight is 421 g/mol. The molecule has 0 saturated heterocycles. The van der Waals surface area contributed by atoms with Crippen molar-refractivity contribution in [1.29, 1.82) is 0 Å². The normalized spacial score (nSPS) is 10.6. The van der Waals surface area contributed by atoms with Gasteiger partial charge < -0.3 is 19.2 Å². The van der Waals surface area contributed by atoms with Gasteiger partial charge in [0, 0.05) is 16.0 Å². The number of halogens is 1. The summed E-state index contributed by atoms with van der Waals surface area (Å²) < 4.78 is 15.6. The number of methoxy groups -OCH3 is 1. The van der Waals surface area contributed by atoms with Crippen molar-refractivity contribution >= 4 is 40.5 Å². The monoisotopic (exact) mass is 420 g/mol. The standard InChI is InChI=1S/C19H17ClN2O5S/c1-10-7-13(15(25-3)8-12(10)20)21-16(23)9-27-19(24)17-11(2)28-18(22-17)14-5-4-6-26-14/h4-8H,9H2,1-3H3,(H,21,23). The van der Waals surface area contributed by atoms with Crippen LogP contribution in [0.5, 0.6) is 5.75 Å². The van der Waals surface area contributed by atoms with Crippen LogP contribution in [-0.2, 0) is 9.53 Å². The number of ether oxygens (including phenoxy) is 2. The van der Waals surface area contributed by atoms with Gasteiger partial charge in [-0.25, -0.2) is 9.78 Å². The second-order valence-electron chi connectivity index (χ2n) is 5.83. The Morgan fingerprint density at radius 1 is 1.32 bits per heavy atom. The Labute approximate surface area is 170 Å². The average Bonchev–Trinajstić information content (AvgIpc) is 3.32. The van der Waals surface area contributed by atoms with Crippen LogP contribution in [0, 0.1) is 13.8 Å². The molecule has 2 aromatic heterocycles. The number of benzene rings is 1. The van der Waals surface area contributed by atoms with E-state index in [-0.39, 0.29) is 5.69 Å². The van der Waals surface area contributed by atoms with Crippen molar-refractivity contribution in [2.75, 3.05) is 19.0 Å². The number of hydrogen-bond acceptors (Lipinski definition) is 7. The minimum atomic E-state index is -0.680. The van der Waals surface area contributed by atoms with Crippen LogP contribution in [0.4, 0.5) is 5.69 Å². The number of aromatic nitrogens is 1. The minimum Gasteiger partial charge on any atom is -0.495 e. The van der Waals surface area contributed by atoms with Crippen molar-refractivity contribution < 1.29 is 23.5 Å². The molecule has 0 aliphatic carbocycles. The van der Waals surface area contributed by atoms with Crippen LogP contribution in [0.15, 0.2) is 34.9 Å². The fourth-order valence-electron chi connectivity index (χ4n) is 2.41. The van der Waals surface area contributed by atoms with Gasteiger partial charge >= 0.3 is 5.97 Å². The number of anilines is 1. The number of thiazole rings is 1. The number of carbonyl (C=O) groups is 2. The third-order valence-corrected chi connectivity index (χ3v) is 5.20. The lowest BCUT2D eigenvalue weighted by Crippen LogP contribution is -2.21. The Bertz CT molecular complexity index is 1010. The third kappa shape index (κ3) is 4.35. The Morgan fingerprint density at radius 2 is 2.11 bits per heavy atom. The van der Waals surface area contributed by atoms with E-state index >= 15 is 0 Å². The second kappa shape index (κ2) is 8.45. The van der Waals surface area contributed by atoms with Gasteiger partial charge in [-0.3, -0.25) is 4.79 Å². The molecule has 0 aliphatic rings. The van der Waals surface area contributed by atoms with Crippen molar-refractivity contribution in [1.82, 2.24) is 4.98 Å². The lowest BCUT2D eigenvalue weighted by atomic mass is 10.2. The number of amides is 1. The SMILES string of the molecule is COc1cc(Cl)c(C)cc1NC(=O)COC(=O)c1nc(-c2ccco2)sc1C. The molecular formula is C19H17ClN2O5S. The van der Waals surface area contributed by atoms with Gasteiger partial charge in [0.15, 0.2) is 23.1 Å². The van der Waals surface area contributed by atoms with E-state index in [1.54, 1.807) is 38.1 Å². The van der Waals surface area contributed by atoms with Crippen LogP contribution in [-0.4, -0.2) is 30.6 Å². The molecule has 0 spiro atoms. The molecule has 7 nitrogen and oxygen atoms in total. The summed E-state index contributed by atoms with van der Waals surface area (Å²) in [5.41, 5.74) is 1.37. The van der Waals surface area contributed by atoms with Crippen LogP contribution in [0.25, 0.3) is 10.8 Å². The van der Waals surface area contributed by atoms with E-state index in [1.807, 2.05) is 0 Å². The molecule has 146 valence electrons. The van der Waals surface area contributed by atoms with Crippen LogP contribution < -0.4 is 10.1 Å². The third-order valence-electron chi connectivity index (χ3n) is 3.81. The molecule has 28 heavy (non-hydrogen) atoms. The number of carbonyl (C=O) groups excluding carboxylic acids is 2. The molecule has 1 amide bonds. The summed E-state index contributed by atoms with van der Waals surface area (Å²) in [5.74, 6) is -0.211. The summed E-state index contributed by atoms with van der Waals surface area (Å²) in [6.45, 7) is 3.10. The molecular weight excluding hydrogens is 404 g/mol. The first-order chi connectivity index (χ1) is 13.4. The van der Waals surface area contributed by atoms with Crippen LogP contribution in [0.1, 0.15) is 20.9 Å². The molecule has 3 rings (SSSR count). The molecule has 0 aliphatic heterocycles. The quantitative estimate of drug-likeness (QED) is 0.591. The maximum atomic E-state index is 12.3. The van der Waals surface area contributed by atoms with Crippen molar-refractivity contribution in [3.63, 3.8) is 0 Å². The summed E-state index contributed by atoms with van der Waals surface area (Å²) in [7, 11) is 1.47. The maximum absolute atomic E-state index is 12.3. The highest BCUT2D eigenvalue weighted by atomic mass is 35.5. The Hall–Kier alpha value is -2.84. The number of aryl methyl sites for hydroxylation is 2. The summed E-state index contributed by atoms with van der Waals surface area (Å²) in [6, 6.07) is 6.78. The van der Waals surface area contributed by atoms with Gasteiger partial charge in [-0.2, -0.15) is 0 Å².